The van der Waals surface area contributed by atoms with Crippen molar-refractivity contribution in [3.8, 4) is 0 Å². The molecule has 0 radical (unpaired) electrons. The topological polar surface area (TPSA) is 0 Å². The van der Waals surface area contributed by atoms with Gasteiger partial charge in [-0.15, -0.1) is 12.1 Å². The molecule has 0 aliphatic carbocycles. The van der Waals surface area contributed by atoms with E-state index in [1.165, 1.54) is 0 Å². The van der Waals surface area contributed by atoms with Gasteiger partial charge in [-0.3, -0.25) is 0 Å². The first kappa shape index (κ1) is 4.80. The SMILES string of the molecule is [P-2]c1ccccc1. The molecule has 0 aromatic heterocycles. The largest absolute Gasteiger partial charge is 1.45 e. The fourth-order valence-electron chi connectivity index (χ4n) is 0.428. The molecule has 0 unspecified atom stereocenters. The van der Waals surface area contributed by atoms with Gasteiger partial charge in [0.25, 0.3) is 0 Å². The minimum absolute atomic E-state index is 1.02. The molecule has 0 saturated heterocycles. The van der Waals surface area contributed by atoms with Crippen LogP contribution < -0.4 is 5.30 Å². The van der Waals surface area contributed by atoms with Crippen molar-refractivity contribution in [1.29, 1.82) is 0 Å². The number of benzene rings is 1. The summed E-state index contributed by atoms with van der Waals surface area (Å²) in [4.78, 5) is 0. The number of rotatable bonds is 0. The predicted octanol–water partition coefficient (Wildman–Crippen LogP) is 1.72. The average Bonchev–Trinajstić information content (AvgIpc) is 1.69. The van der Waals surface area contributed by atoms with Crippen molar-refractivity contribution in [2.24, 2.45) is 0 Å². The van der Waals surface area contributed by atoms with Crippen LogP contribution in [0.3, 0.4) is 0 Å². The van der Waals surface area contributed by atoms with Crippen LogP contribution in [0.5, 0.6) is 0 Å². The summed E-state index contributed by atoms with van der Waals surface area (Å²) < 4.78 is 0. The third kappa shape index (κ3) is 1.29. The summed E-state index contributed by atoms with van der Waals surface area (Å²) in [6.45, 7) is 0. The van der Waals surface area contributed by atoms with Gasteiger partial charge in [-0.2, -0.15) is 0 Å². The summed E-state index contributed by atoms with van der Waals surface area (Å²) in [5.74, 6) is 0. The third-order valence-electron chi connectivity index (χ3n) is 0.756. The highest BCUT2D eigenvalue weighted by molar-refractivity contribution is 7.27. The molecule has 0 atom stereocenters. The Labute approximate surface area is 45.8 Å². The normalized spacial score (nSPS) is 8.71. The van der Waals surface area contributed by atoms with Crippen LogP contribution in [0.4, 0.5) is 0 Å². The van der Waals surface area contributed by atoms with Crippen molar-refractivity contribution in [2.75, 3.05) is 0 Å². The second-order valence-corrected chi connectivity index (χ2v) is 1.85. The van der Waals surface area contributed by atoms with Crippen molar-refractivity contribution >= 4 is 14.5 Å². The van der Waals surface area contributed by atoms with Crippen LogP contribution in [0.1, 0.15) is 0 Å². The summed E-state index contributed by atoms with van der Waals surface area (Å²) in [5.41, 5.74) is 0. The molecule has 0 heterocycles. The summed E-state index contributed by atoms with van der Waals surface area (Å²) in [5, 5.41) is 1.02. The third-order valence-corrected chi connectivity index (χ3v) is 1.05. The van der Waals surface area contributed by atoms with E-state index in [-0.39, 0.29) is 0 Å². The zero-order valence-corrected chi connectivity index (χ0v) is 4.73. The van der Waals surface area contributed by atoms with Gasteiger partial charge in [-0.25, -0.2) is 0 Å². The summed E-state index contributed by atoms with van der Waals surface area (Å²) in [6.07, 6.45) is 0. The van der Waals surface area contributed by atoms with Crippen molar-refractivity contribution in [2.45, 2.75) is 0 Å². The Morgan fingerprint density at radius 3 is 1.86 bits per heavy atom. The molecule has 36 valence electrons. The maximum Gasteiger partial charge on any atom is -0.0626 e. The van der Waals surface area contributed by atoms with E-state index in [0.29, 0.717) is 0 Å². The lowest BCUT2D eigenvalue weighted by Crippen LogP contribution is -1.82. The smallest absolute Gasteiger partial charge is 0.0626 e. The van der Waals surface area contributed by atoms with E-state index in [4.69, 9.17) is 0 Å². The molecule has 0 fully saturated rings. The maximum atomic E-state index is 4.08. The molecule has 0 amide bonds. The summed E-state index contributed by atoms with van der Waals surface area (Å²) in [7, 11) is 4.08. The van der Waals surface area contributed by atoms with Gasteiger partial charge in [-0.05, 0) is 0 Å². The minimum Gasteiger partial charge on any atom is -1.45 e. The van der Waals surface area contributed by atoms with E-state index < -0.39 is 0 Å². The molecule has 7 heavy (non-hydrogen) atoms. The Hall–Kier alpha value is -0.350. The van der Waals surface area contributed by atoms with Crippen LogP contribution >= 0.6 is 9.24 Å². The van der Waals surface area contributed by atoms with Crippen molar-refractivity contribution in [3.05, 3.63) is 30.3 Å². The van der Waals surface area contributed by atoms with Gasteiger partial charge in [-0.1, -0.05) is 18.2 Å². The predicted molar refractivity (Wildman–Crippen MR) is 33.0 cm³/mol. The highest BCUT2D eigenvalue weighted by atomic mass is 31.0. The Bertz CT molecular complexity index is 134. The van der Waals surface area contributed by atoms with Gasteiger partial charge in [0.2, 0.25) is 0 Å². The highest BCUT2D eigenvalue weighted by Crippen LogP contribution is 1.86. The lowest BCUT2D eigenvalue weighted by molar-refractivity contribution is 1.78. The molecule has 1 aromatic rings. The fraction of sp³-hybridized carbons (Fsp3) is 0. The monoisotopic (exact) mass is 108 g/mol. The Morgan fingerprint density at radius 1 is 1.00 bits per heavy atom. The van der Waals surface area contributed by atoms with Gasteiger partial charge in [0.1, 0.15) is 0 Å². The van der Waals surface area contributed by atoms with Crippen LogP contribution in [0.2, 0.25) is 0 Å². The van der Waals surface area contributed by atoms with E-state index in [1.54, 1.807) is 0 Å². The molecule has 0 nitrogen and oxygen atoms in total. The van der Waals surface area contributed by atoms with Crippen molar-refractivity contribution < 1.29 is 0 Å². The Balaban J connectivity index is 3.02. The maximum absolute atomic E-state index is 4.08. The van der Waals surface area contributed by atoms with E-state index in [9.17, 15) is 0 Å². The van der Waals surface area contributed by atoms with Gasteiger partial charge < -0.3 is 14.5 Å². The van der Waals surface area contributed by atoms with Crippen LogP contribution in [-0.2, 0) is 0 Å². The average molecular weight is 108 g/mol. The second kappa shape index (κ2) is 2.09. The zero-order valence-electron chi connectivity index (χ0n) is 3.83. The number of hydrogen-bond donors (Lipinski definition) is 0. The van der Waals surface area contributed by atoms with Crippen LogP contribution in [0, 0.1) is 0 Å². The van der Waals surface area contributed by atoms with Gasteiger partial charge in [0, 0.05) is 0 Å². The van der Waals surface area contributed by atoms with Crippen LogP contribution in [-0.4, -0.2) is 0 Å². The number of hydrogen-bond acceptors (Lipinski definition) is 0. The van der Waals surface area contributed by atoms with E-state index >= 15 is 0 Å². The Morgan fingerprint density at radius 2 is 1.57 bits per heavy atom. The lowest BCUT2D eigenvalue weighted by Gasteiger charge is -2.32. The van der Waals surface area contributed by atoms with E-state index in [2.05, 4.69) is 9.24 Å². The molecule has 1 heteroatoms. The lowest BCUT2D eigenvalue weighted by atomic mass is 10.4. The van der Waals surface area contributed by atoms with Crippen molar-refractivity contribution in [1.82, 2.24) is 0 Å². The minimum atomic E-state index is 1.02. The molecule has 0 spiro atoms. The van der Waals surface area contributed by atoms with Crippen LogP contribution in [0.15, 0.2) is 30.3 Å². The summed E-state index contributed by atoms with van der Waals surface area (Å²) in [6, 6.07) is 9.79. The second-order valence-electron chi connectivity index (χ2n) is 1.34. The molecule has 1 aromatic carbocycles. The zero-order chi connectivity index (χ0) is 5.11. The van der Waals surface area contributed by atoms with Gasteiger partial charge >= 0.3 is 0 Å². The molecule has 0 saturated carbocycles. The first-order valence-electron chi connectivity index (χ1n) is 2.13. The quantitative estimate of drug-likeness (QED) is 0.444. The summed E-state index contributed by atoms with van der Waals surface area (Å²) >= 11 is 0. The fourth-order valence-corrected chi connectivity index (χ4v) is 0.600. The Kier molecular flexibility index (Phi) is 1.43. The molecular weight excluding hydrogens is 103 g/mol. The first-order valence-corrected chi connectivity index (χ1v) is 2.58. The molecular formula is C6H5P-2. The standard InChI is InChI=1S/C6H5P/c7-6-4-2-1-3-5-6/h1-5H/q-2. The van der Waals surface area contributed by atoms with Crippen LogP contribution in [0.25, 0.3) is 0 Å². The van der Waals surface area contributed by atoms with Gasteiger partial charge in [0.15, 0.2) is 0 Å². The molecule has 0 bridgehead atoms. The molecule has 0 N–H and O–H groups in total. The highest BCUT2D eigenvalue weighted by Gasteiger charge is 1.55. The first-order chi connectivity index (χ1) is 3.39. The van der Waals surface area contributed by atoms with Crippen molar-refractivity contribution in [3.63, 3.8) is 0 Å². The molecule has 1 rings (SSSR count). The molecule has 0 aliphatic rings. The van der Waals surface area contributed by atoms with Gasteiger partial charge in [0.05, 0.1) is 0 Å². The molecule has 0 aliphatic heterocycles. The van der Waals surface area contributed by atoms with E-state index in [0.717, 1.165) is 5.30 Å². The van der Waals surface area contributed by atoms with E-state index in [1.807, 2.05) is 30.3 Å².